The Balaban J connectivity index is 1.58. The zero-order valence-corrected chi connectivity index (χ0v) is 22.5. The molecule has 4 rings (SSSR count). The van der Waals surface area contributed by atoms with Gasteiger partial charge in [-0.05, 0) is 55.2 Å². The Bertz CT molecular complexity index is 1110. The first-order valence-corrected chi connectivity index (χ1v) is 13.6. The molecule has 0 spiro atoms. The third kappa shape index (κ3) is 6.45. The smallest absolute Gasteiger partial charge is 0.338 e. The van der Waals surface area contributed by atoms with Gasteiger partial charge in [0, 0.05) is 35.9 Å². The van der Waals surface area contributed by atoms with Crippen molar-refractivity contribution in [2.75, 3.05) is 44.6 Å². The molecule has 2 aromatic rings. The van der Waals surface area contributed by atoms with Crippen LogP contribution in [0, 0.1) is 0 Å². The van der Waals surface area contributed by atoms with Crippen LogP contribution in [-0.2, 0) is 14.3 Å². The molecule has 2 aliphatic heterocycles. The van der Waals surface area contributed by atoms with Crippen LogP contribution in [0.25, 0.3) is 16.7 Å². The van der Waals surface area contributed by atoms with Crippen molar-refractivity contribution in [3.8, 4) is 16.9 Å². The molecule has 6 nitrogen and oxygen atoms in total. The van der Waals surface area contributed by atoms with Crippen molar-refractivity contribution in [3.05, 3.63) is 65.2 Å². The fourth-order valence-corrected chi connectivity index (χ4v) is 5.34. The zero-order valence-electron chi connectivity index (χ0n) is 21.7. The second-order valence-electron chi connectivity index (χ2n) is 9.11. The van der Waals surface area contributed by atoms with Crippen molar-refractivity contribution in [2.24, 2.45) is 0 Å². The zero-order chi connectivity index (χ0) is 25.5. The van der Waals surface area contributed by atoms with E-state index < -0.39 is 0 Å². The van der Waals surface area contributed by atoms with Crippen LogP contribution in [-0.4, -0.2) is 56.9 Å². The molecule has 0 radical (unpaired) electrons. The van der Waals surface area contributed by atoms with Crippen LogP contribution >= 0.6 is 11.8 Å². The van der Waals surface area contributed by atoms with E-state index in [1.807, 2.05) is 49.0 Å². The van der Waals surface area contributed by atoms with Crippen molar-refractivity contribution in [3.63, 3.8) is 0 Å². The van der Waals surface area contributed by atoms with Gasteiger partial charge in [-0.15, -0.1) is 11.8 Å². The third-order valence-corrected chi connectivity index (χ3v) is 7.43. The summed E-state index contributed by atoms with van der Waals surface area (Å²) >= 11 is 1.86. The van der Waals surface area contributed by atoms with E-state index in [9.17, 15) is 4.79 Å². The number of esters is 1. The van der Waals surface area contributed by atoms with Gasteiger partial charge in [0.25, 0.3) is 0 Å². The minimum Gasteiger partial charge on any atom is -0.465 e. The van der Waals surface area contributed by atoms with Crippen LogP contribution in [0.5, 0.6) is 5.75 Å². The Morgan fingerprint density at radius 1 is 1.14 bits per heavy atom. The Labute approximate surface area is 218 Å². The first kappa shape index (κ1) is 26.2. The average Bonchev–Trinajstić information content (AvgIpc) is 3.21. The summed E-state index contributed by atoms with van der Waals surface area (Å²) in [6.45, 7) is 6.43. The minimum absolute atomic E-state index is 0.290. The number of carbonyl (C=O) groups is 1. The van der Waals surface area contributed by atoms with E-state index in [-0.39, 0.29) is 12.3 Å². The van der Waals surface area contributed by atoms with Gasteiger partial charge in [0.15, 0.2) is 6.29 Å². The maximum Gasteiger partial charge on any atom is 0.338 e. The summed E-state index contributed by atoms with van der Waals surface area (Å²) in [7, 11) is 3.53. The lowest BCUT2D eigenvalue weighted by atomic mass is 9.97. The molecule has 0 aliphatic carbocycles. The number of hydrogen-bond donors (Lipinski definition) is 0. The number of hydrogen-bond acceptors (Lipinski definition) is 7. The summed E-state index contributed by atoms with van der Waals surface area (Å²) in [4.78, 5) is 18.6. The predicted octanol–water partition coefficient (Wildman–Crippen LogP) is 6.14. The summed E-state index contributed by atoms with van der Waals surface area (Å²) in [5, 5.41) is 0. The van der Waals surface area contributed by atoms with Gasteiger partial charge in [0.05, 0.1) is 31.7 Å². The van der Waals surface area contributed by atoms with Crippen molar-refractivity contribution >= 4 is 29.0 Å². The van der Waals surface area contributed by atoms with Crippen molar-refractivity contribution < 1.29 is 19.0 Å². The minimum atomic E-state index is -0.301. The average molecular weight is 509 g/mol. The van der Waals surface area contributed by atoms with Crippen molar-refractivity contribution in [2.45, 2.75) is 39.4 Å². The molecule has 0 saturated heterocycles. The predicted molar refractivity (Wildman–Crippen MR) is 148 cm³/mol. The number of anilines is 1. The third-order valence-electron chi connectivity index (χ3n) is 6.29. The Morgan fingerprint density at radius 2 is 1.92 bits per heavy atom. The molecule has 7 heteroatoms. The molecule has 0 N–H and O–H groups in total. The number of methoxy groups -OCH3 is 1. The highest BCUT2D eigenvalue weighted by Crippen LogP contribution is 2.37. The van der Waals surface area contributed by atoms with Gasteiger partial charge >= 0.3 is 5.97 Å². The molecule has 36 heavy (non-hydrogen) atoms. The van der Waals surface area contributed by atoms with E-state index in [4.69, 9.17) is 14.2 Å². The SMILES string of the molecule is CCCCOC(C)Oc1ccc(-c2ccc3c(c2)C(C(=O)OC)=CCCN3CC2=CN(C)CS2)cc1. The van der Waals surface area contributed by atoms with E-state index in [0.717, 1.165) is 66.4 Å². The molecule has 0 aromatic heterocycles. The van der Waals surface area contributed by atoms with E-state index in [1.54, 1.807) is 0 Å². The number of unbranched alkanes of at least 4 members (excludes halogenated alkanes) is 1. The maximum absolute atomic E-state index is 12.7. The standard InChI is InChI=1S/C29H36N2O4S/c1-5-6-16-34-21(2)35-24-12-9-22(10-13-24)23-11-14-28-27(17-23)26(29(32)33-4)8-7-15-31(28)19-25-18-30(3)20-36-25/h8-14,17-18,21H,5-7,15-16,19-20H2,1-4H3. The summed E-state index contributed by atoms with van der Waals surface area (Å²) in [5.74, 6) is 1.45. The van der Waals surface area contributed by atoms with E-state index in [1.165, 1.54) is 12.0 Å². The van der Waals surface area contributed by atoms with Gasteiger partial charge in [0.2, 0.25) is 0 Å². The van der Waals surface area contributed by atoms with Gasteiger partial charge in [0.1, 0.15) is 5.75 Å². The Hall–Kier alpha value is -2.90. The van der Waals surface area contributed by atoms with Crippen LogP contribution in [0.15, 0.2) is 59.6 Å². The lowest BCUT2D eigenvalue weighted by Gasteiger charge is -2.26. The molecule has 1 atom stereocenters. The molecule has 2 heterocycles. The molecule has 2 aliphatic rings. The van der Waals surface area contributed by atoms with Gasteiger partial charge in [-0.3, -0.25) is 0 Å². The topological polar surface area (TPSA) is 51.2 Å². The van der Waals surface area contributed by atoms with Crippen LogP contribution < -0.4 is 9.64 Å². The molecule has 2 aromatic carbocycles. The molecule has 0 fully saturated rings. The quantitative estimate of drug-likeness (QED) is 0.217. The highest BCUT2D eigenvalue weighted by molar-refractivity contribution is 8.03. The van der Waals surface area contributed by atoms with E-state index in [2.05, 4.69) is 48.2 Å². The Morgan fingerprint density at radius 3 is 2.61 bits per heavy atom. The first-order chi connectivity index (χ1) is 17.5. The number of carbonyl (C=O) groups excluding carboxylic acids is 1. The number of benzene rings is 2. The van der Waals surface area contributed by atoms with E-state index >= 15 is 0 Å². The number of thioether (sulfide) groups is 1. The fourth-order valence-electron chi connectivity index (χ4n) is 4.39. The largest absolute Gasteiger partial charge is 0.465 e. The molecule has 0 saturated carbocycles. The van der Waals surface area contributed by atoms with Crippen molar-refractivity contribution in [1.29, 1.82) is 0 Å². The van der Waals surface area contributed by atoms with Crippen LogP contribution in [0.4, 0.5) is 5.69 Å². The first-order valence-electron chi connectivity index (χ1n) is 12.6. The second-order valence-corrected chi connectivity index (χ2v) is 10.2. The van der Waals surface area contributed by atoms with Gasteiger partial charge in [-0.25, -0.2) is 4.79 Å². The van der Waals surface area contributed by atoms with Gasteiger partial charge < -0.3 is 24.0 Å². The van der Waals surface area contributed by atoms with Crippen LogP contribution in [0.1, 0.15) is 38.7 Å². The maximum atomic E-state index is 12.7. The number of ether oxygens (including phenoxy) is 3. The summed E-state index contributed by atoms with van der Waals surface area (Å²) in [5.41, 5.74) is 4.69. The van der Waals surface area contributed by atoms with Crippen LogP contribution in [0.2, 0.25) is 0 Å². The number of fused-ring (bicyclic) bond motifs is 1. The lowest BCUT2D eigenvalue weighted by Crippen LogP contribution is -2.26. The molecule has 0 bridgehead atoms. The molecular weight excluding hydrogens is 472 g/mol. The summed E-state index contributed by atoms with van der Waals surface area (Å²) in [6, 6.07) is 14.4. The molecule has 0 amide bonds. The van der Waals surface area contributed by atoms with Gasteiger partial charge in [-0.2, -0.15) is 0 Å². The molecule has 1 unspecified atom stereocenters. The van der Waals surface area contributed by atoms with Gasteiger partial charge in [-0.1, -0.05) is 37.6 Å². The summed E-state index contributed by atoms with van der Waals surface area (Å²) in [6.07, 6.45) is 6.83. The second kappa shape index (κ2) is 12.4. The molecule has 192 valence electrons. The Kier molecular flexibility index (Phi) is 8.99. The van der Waals surface area contributed by atoms with E-state index in [0.29, 0.717) is 12.2 Å². The molecular formula is C29H36N2O4S. The van der Waals surface area contributed by atoms with Crippen molar-refractivity contribution in [1.82, 2.24) is 4.90 Å². The number of rotatable bonds is 10. The normalized spacial score (nSPS) is 16.1. The monoisotopic (exact) mass is 508 g/mol. The fraction of sp³-hybridized carbons (Fsp3) is 0.414. The number of nitrogens with zero attached hydrogens (tertiary/aromatic N) is 2. The lowest BCUT2D eigenvalue weighted by molar-refractivity contribution is -0.133. The highest BCUT2D eigenvalue weighted by atomic mass is 32.2. The summed E-state index contributed by atoms with van der Waals surface area (Å²) < 4.78 is 16.7. The van der Waals surface area contributed by atoms with Crippen LogP contribution in [0.3, 0.4) is 0 Å². The highest BCUT2D eigenvalue weighted by Gasteiger charge is 2.24.